The number of aliphatic hydroxyl groups is 2. The number of nitrogens with zero attached hydrogens (tertiary/aromatic N) is 1. The second-order valence-corrected chi connectivity index (χ2v) is 6.09. The van der Waals surface area contributed by atoms with Crippen molar-refractivity contribution in [3.05, 3.63) is 21.9 Å². The Morgan fingerprint density at radius 2 is 2.21 bits per heavy atom. The summed E-state index contributed by atoms with van der Waals surface area (Å²) in [6, 6.07) is 2.35. The normalized spacial score (nSPS) is 23.2. The Labute approximate surface area is 118 Å². The Bertz CT molecular complexity index is 460. The minimum atomic E-state index is -0.188. The summed E-state index contributed by atoms with van der Waals surface area (Å²) in [5.41, 5.74) is 0.964. The fraction of sp³-hybridized carbons (Fsp3) is 0.600. The van der Waals surface area contributed by atoms with E-state index in [0.717, 1.165) is 31.4 Å². The summed E-state index contributed by atoms with van der Waals surface area (Å²) in [5, 5.41) is 20.7. The summed E-state index contributed by atoms with van der Waals surface area (Å²) < 4.78 is 0. The minimum absolute atomic E-state index is 0.0979. The van der Waals surface area contributed by atoms with Crippen molar-refractivity contribution in [2.45, 2.75) is 44.4 Å². The van der Waals surface area contributed by atoms with Gasteiger partial charge in [-0.1, -0.05) is 24.7 Å². The van der Waals surface area contributed by atoms with Crippen LogP contribution in [0.3, 0.4) is 0 Å². The first kappa shape index (κ1) is 14.5. The molecule has 1 aromatic heterocycles. The lowest BCUT2D eigenvalue weighted by molar-refractivity contribution is 0.0292. The Morgan fingerprint density at radius 1 is 1.42 bits per heavy atom. The first-order valence-electron chi connectivity index (χ1n) is 6.76. The molecule has 0 aliphatic heterocycles. The molecule has 0 spiro atoms. The van der Waals surface area contributed by atoms with Crippen molar-refractivity contribution >= 4 is 11.3 Å². The van der Waals surface area contributed by atoms with E-state index in [9.17, 15) is 5.11 Å². The lowest BCUT2D eigenvalue weighted by Crippen LogP contribution is -2.42. The van der Waals surface area contributed by atoms with Gasteiger partial charge in [-0.05, 0) is 26.0 Å². The smallest absolute Gasteiger partial charge is 0.104 e. The van der Waals surface area contributed by atoms with Crippen LogP contribution in [0.5, 0.6) is 0 Å². The van der Waals surface area contributed by atoms with Crippen molar-refractivity contribution in [2.75, 3.05) is 13.7 Å². The third kappa shape index (κ3) is 4.05. The van der Waals surface area contributed by atoms with Crippen LogP contribution in [0.25, 0.3) is 0 Å². The summed E-state index contributed by atoms with van der Waals surface area (Å²) in [6.45, 7) is 0.756. The van der Waals surface area contributed by atoms with Crippen LogP contribution in [0, 0.1) is 11.8 Å². The van der Waals surface area contributed by atoms with Gasteiger partial charge >= 0.3 is 0 Å². The van der Waals surface area contributed by atoms with Gasteiger partial charge in [0, 0.05) is 28.4 Å². The molecule has 0 amide bonds. The highest BCUT2D eigenvalue weighted by atomic mass is 32.1. The maximum atomic E-state index is 10.1. The third-order valence-electron chi connectivity index (χ3n) is 3.63. The number of hydrogen-bond donors (Lipinski definition) is 2. The van der Waals surface area contributed by atoms with E-state index in [1.807, 2.05) is 5.38 Å². The molecule has 0 aromatic carbocycles. The highest BCUT2D eigenvalue weighted by molar-refractivity contribution is 7.10. The van der Waals surface area contributed by atoms with Crippen LogP contribution in [0.1, 0.15) is 36.1 Å². The molecule has 2 atom stereocenters. The van der Waals surface area contributed by atoms with E-state index in [2.05, 4.69) is 29.9 Å². The van der Waals surface area contributed by atoms with E-state index in [1.165, 1.54) is 11.3 Å². The summed E-state index contributed by atoms with van der Waals surface area (Å²) in [5.74, 6) is 5.58. The molecule has 4 heteroatoms. The zero-order chi connectivity index (χ0) is 13.7. The van der Waals surface area contributed by atoms with Crippen molar-refractivity contribution in [2.24, 2.45) is 0 Å². The number of aliphatic hydroxyl groups excluding tert-OH is 2. The molecule has 104 valence electrons. The highest BCUT2D eigenvalue weighted by Gasteiger charge is 2.26. The van der Waals surface area contributed by atoms with E-state index in [4.69, 9.17) is 5.11 Å². The summed E-state index contributed by atoms with van der Waals surface area (Å²) in [6.07, 6.45) is 4.18. The number of thiophene rings is 1. The van der Waals surface area contributed by atoms with Gasteiger partial charge in [-0.25, -0.2) is 0 Å². The molecule has 2 N–H and O–H groups in total. The molecule has 3 nitrogen and oxygen atoms in total. The van der Waals surface area contributed by atoms with Gasteiger partial charge in [0.15, 0.2) is 0 Å². The molecule has 19 heavy (non-hydrogen) atoms. The van der Waals surface area contributed by atoms with Crippen molar-refractivity contribution in [3.63, 3.8) is 0 Å². The molecule has 1 aromatic rings. The Morgan fingerprint density at radius 3 is 2.95 bits per heavy atom. The lowest BCUT2D eigenvalue weighted by Gasteiger charge is -2.34. The number of rotatable bonds is 3. The molecule has 0 saturated heterocycles. The van der Waals surface area contributed by atoms with Gasteiger partial charge in [-0.2, -0.15) is 0 Å². The largest absolute Gasteiger partial charge is 0.391 e. The van der Waals surface area contributed by atoms with Crippen molar-refractivity contribution in [1.29, 1.82) is 0 Å². The van der Waals surface area contributed by atoms with Gasteiger partial charge in [-0.3, -0.25) is 4.90 Å². The molecular formula is C15H21NO2S. The average molecular weight is 279 g/mol. The van der Waals surface area contributed by atoms with E-state index >= 15 is 0 Å². The average Bonchev–Trinajstić information content (AvgIpc) is 2.84. The topological polar surface area (TPSA) is 43.7 Å². The van der Waals surface area contributed by atoms with Crippen LogP contribution in [-0.4, -0.2) is 40.9 Å². The van der Waals surface area contributed by atoms with Gasteiger partial charge < -0.3 is 10.2 Å². The minimum Gasteiger partial charge on any atom is -0.391 e. The van der Waals surface area contributed by atoms with Crippen LogP contribution in [0.2, 0.25) is 0 Å². The van der Waals surface area contributed by atoms with Gasteiger partial charge in [0.1, 0.15) is 6.61 Å². The first-order valence-corrected chi connectivity index (χ1v) is 7.64. The number of likely N-dealkylation sites (N-methyl/N-ethyl adjacent to an activating group) is 1. The SMILES string of the molecule is CN(Cc1cc(C#CCO)cs1)C1CCCCC1O. The maximum absolute atomic E-state index is 10.1. The second kappa shape index (κ2) is 7.06. The van der Waals surface area contributed by atoms with Crippen LogP contribution in [0.4, 0.5) is 0 Å². The highest BCUT2D eigenvalue weighted by Crippen LogP contribution is 2.25. The van der Waals surface area contributed by atoms with Crippen LogP contribution >= 0.6 is 11.3 Å². The van der Waals surface area contributed by atoms with E-state index in [0.29, 0.717) is 0 Å². The van der Waals surface area contributed by atoms with Gasteiger partial charge in [0.05, 0.1) is 6.10 Å². The van der Waals surface area contributed by atoms with Crippen LogP contribution in [0.15, 0.2) is 11.4 Å². The fourth-order valence-electron chi connectivity index (χ4n) is 2.64. The zero-order valence-electron chi connectivity index (χ0n) is 11.3. The van der Waals surface area contributed by atoms with Gasteiger partial charge in [0.2, 0.25) is 0 Å². The first-order chi connectivity index (χ1) is 9.20. The molecule has 2 rings (SSSR count). The zero-order valence-corrected chi connectivity index (χ0v) is 12.1. The molecule has 1 aliphatic carbocycles. The van der Waals surface area contributed by atoms with Crippen molar-refractivity contribution < 1.29 is 10.2 Å². The third-order valence-corrected chi connectivity index (χ3v) is 4.55. The molecule has 0 radical (unpaired) electrons. The molecular weight excluding hydrogens is 258 g/mol. The Kier molecular flexibility index (Phi) is 5.41. The van der Waals surface area contributed by atoms with E-state index in [-0.39, 0.29) is 18.8 Å². The lowest BCUT2D eigenvalue weighted by atomic mass is 9.91. The van der Waals surface area contributed by atoms with Crippen LogP contribution < -0.4 is 0 Å². The molecule has 2 unspecified atom stereocenters. The quantitative estimate of drug-likeness (QED) is 0.830. The van der Waals surface area contributed by atoms with Crippen molar-refractivity contribution in [3.8, 4) is 11.8 Å². The maximum Gasteiger partial charge on any atom is 0.104 e. The van der Waals surface area contributed by atoms with Crippen LogP contribution in [-0.2, 0) is 6.54 Å². The monoisotopic (exact) mass is 279 g/mol. The molecule has 1 saturated carbocycles. The van der Waals surface area contributed by atoms with E-state index in [1.54, 1.807) is 11.3 Å². The standard InChI is InChI=1S/C15H21NO2S/c1-16(14-6-2-3-7-15(14)18)10-13-9-12(11-19-13)5-4-8-17/h9,11,14-15,17-18H,2-3,6-8,10H2,1H3. The molecule has 1 heterocycles. The number of hydrogen-bond acceptors (Lipinski definition) is 4. The van der Waals surface area contributed by atoms with E-state index < -0.39 is 0 Å². The predicted octanol–water partition coefficient (Wildman–Crippen LogP) is 1.83. The summed E-state index contributed by atoms with van der Waals surface area (Å²) in [4.78, 5) is 3.50. The second-order valence-electron chi connectivity index (χ2n) is 5.10. The summed E-state index contributed by atoms with van der Waals surface area (Å²) in [7, 11) is 2.08. The predicted molar refractivity (Wildman–Crippen MR) is 78.0 cm³/mol. The van der Waals surface area contributed by atoms with Gasteiger partial charge in [-0.15, -0.1) is 11.3 Å². The van der Waals surface area contributed by atoms with Gasteiger partial charge in [0.25, 0.3) is 0 Å². The summed E-state index contributed by atoms with van der Waals surface area (Å²) >= 11 is 1.69. The Hall–Kier alpha value is -0.860. The fourth-order valence-corrected chi connectivity index (χ4v) is 3.52. The molecule has 1 fully saturated rings. The Balaban J connectivity index is 1.94. The molecule has 1 aliphatic rings. The molecule has 0 bridgehead atoms. The van der Waals surface area contributed by atoms with Crippen molar-refractivity contribution in [1.82, 2.24) is 4.90 Å².